The summed E-state index contributed by atoms with van der Waals surface area (Å²) in [6.07, 6.45) is 0. The minimum atomic E-state index is -0.537. The molecular formula is C23H23ClN2O. The molecule has 1 amide bonds. The molecule has 0 radical (unpaired) electrons. The van der Waals surface area contributed by atoms with Crippen LogP contribution in [-0.4, -0.2) is 5.91 Å². The summed E-state index contributed by atoms with van der Waals surface area (Å²) < 4.78 is 0. The second kappa shape index (κ2) is 8.28. The first-order valence-corrected chi connectivity index (χ1v) is 9.27. The van der Waals surface area contributed by atoms with E-state index in [1.165, 1.54) is 0 Å². The number of amides is 1. The molecule has 27 heavy (non-hydrogen) atoms. The molecule has 0 spiro atoms. The second-order valence-corrected chi connectivity index (χ2v) is 7.17. The Hall–Kier alpha value is -2.78. The van der Waals surface area contributed by atoms with Crippen molar-refractivity contribution in [1.29, 1.82) is 0 Å². The Balaban J connectivity index is 1.90. The van der Waals surface area contributed by atoms with Gasteiger partial charge in [0, 0.05) is 16.4 Å². The van der Waals surface area contributed by atoms with Gasteiger partial charge in [-0.15, -0.1) is 0 Å². The molecule has 0 bridgehead atoms. The number of halogens is 1. The van der Waals surface area contributed by atoms with Gasteiger partial charge in [-0.1, -0.05) is 60.1 Å². The zero-order chi connectivity index (χ0) is 19.4. The first-order valence-electron chi connectivity index (χ1n) is 8.90. The molecule has 4 heteroatoms. The van der Waals surface area contributed by atoms with Crippen LogP contribution >= 0.6 is 11.6 Å². The van der Waals surface area contributed by atoms with Gasteiger partial charge in [-0.05, 0) is 61.2 Å². The lowest BCUT2D eigenvalue weighted by Gasteiger charge is -2.21. The molecule has 0 aliphatic heterocycles. The van der Waals surface area contributed by atoms with Gasteiger partial charge < -0.3 is 10.6 Å². The summed E-state index contributed by atoms with van der Waals surface area (Å²) in [5.41, 5.74) is 5.64. The van der Waals surface area contributed by atoms with E-state index in [-0.39, 0.29) is 5.91 Å². The molecule has 0 unspecified atom stereocenters. The number of nitrogens with one attached hydrogen (secondary N) is 2. The van der Waals surface area contributed by atoms with Gasteiger partial charge in [0.25, 0.3) is 5.91 Å². The first-order chi connectivity index (χ1) is 12.9. The highest BCUT2D eigenvalue weighted by Gasteiger charge is 2.21. The van der Waals surface area contributed by atoms with Crippen molar-refractivity contribution in [2.75, 3.05) is 10.6 Å². The summed E-state index contributed by atoms with van der Waals surface area (Å²) in [6.45, 7) is 5.95. The van der Waals surface area contributed by atoms with Crippen LogP contribution in [0, 0.1) is 20.8 Å². The van der Waals surface area contributed by atoms with E-state index < -0.39 is 6.04 Å². The minimum absolute atomic E-state index is 0.119. The van der Waals surface area contributed by atoms with Crippen molar-refractivity contribution in [3.05, 3.63) is 94.0 Å². The Morgan fingerprint density at radius 3 is 2.30 bits per heavy atom. The van der Waals surface area contributed by atoms with E-state index in [0.717, 1.165) is 33.6 Å². The Morgan fingerprint density at radius 1 is 0.889 bits per heavy atom. The van der Waals surface area contributed by atoms with Crippen LogP contribution in [-0.2, 0) is 4.79 Å². The highest BCUT2D eigenvalue weighted by atomic mass is 35.5. The lowest BCUT2D eigenvalue weighted by molar-refractivity contribution is -0.117. The van der Waals surface area contributed by atoms with Gasteiger partial charge in [0.15, 0.2) is 0 Å². The number of carbonyl (C=O) groups is 1. The highest BCUT2D eigenvalue weighted by molar-refractivity contribution is 6.31. The highest BCUT2D eigenvalue weighted by Crippen LogP contribution is 2.26. The van der Waals surface area contributed by atoms with Crippen LogP contribution in [0.3, 0.4) is 0 Å². The van der Waals surface area contributed by atoms with Crippen LogP contribution in [0.2, 0.25) is 5.02 Å². The predicted octanol–water partition coefficient (Wildman–Crippen LogP) is 6.06. The van der Waals surface area contributed by atoms with Crippen LogP contribution in [0.25, 0.3) is 0 Å². The third kappa shape index (κ3) is 4.69. The summed E-state index contributed by atoms with van der Waals surface area (Å²) in [5, 5.41) is 7.05. The largest absolute Gasteiger partial charge is 0.370 e. The SMILES string of the molecule is Cc1ccc(C)c(NC(=O)[C@@H](Nc2ccc(C)c(Cl)c2)c2ccccc2)c1. The molecule has 0 saturated carbocycles. The van der Waals surface area contributed by atoms with Crippen molar-refractivity contribution in [3.63, 3.8) is 0 Å². The molecule has 0 aliphatic rings. The smallest absolute Gasteiger partial charge is 0.251 e. The molecule has 0 aromatic heterocycles. The average molecular weight is 379 g/mol. The number of anilines is 2. The summed E-state index contributed by atoms with van der Waals surface area (Å²) >= 11 is 6.25. The van der Waals surface area contributed by atoms with E-state index in [4.69, 9.17) is 11.6 Å². The van der Waals surface area contributed by atoms with Gasteiger partial charge in [0.05, 0.1) is 0 Å². The fourth-order valence-electron chi connectivity index (χ4n) is 2.87. The van der Waals surface area contributed by atoms with Crippen molar-refractivity contribution in [1.82, 2.24) is 0 Å². The van der Waals surface area contributed by atoms with Crippen LogP contribution in [0.5, 0.6) is 0 Å². The summed E-state index contributed by atoms with van der Waals surface area (Å²) in [7, 11) is 0. The number of aryl methyl sites for hydroxylation is 3. The van der Waals surface area contributed by atoms with E-state index in [1.54, 1.807) is 0 Å². The van der Waals surface area contributed by atoms with Gasteiger partial charge in [-0.3, -0.25) is 4.79 Å². The maximum absolute atomic E-state index is 13.1. The van der Waals surface area contributed by atoms with E-state index in [9.17, 15) is 4.79 Å². The van der Waals surface area contributed by atoms with Gasteiger partial charge in [-0.25, -0.2) is 0 Å². The van der Waals surface area contributed by atoms with Crippen molar-refractivity contribution in [2.24, 2.45) is 0 Å². The molecule has 3 aromatic carbocycles. The van der Waals surface area contributed by atoms with Crippen molar-refractivity contribution in [3.8, 4) is 0 Å². The number of carbonyl (C=O) groups excluding carboxylic acids is 1. The fraction of sp³-hybridized carbons (Fsp3) is 0.174. The molecule has 138 valence electrons. The van der Waals surface area contributed by atoms with Crippen molar-refractivity contribution < 1.29 is 4.79 Å². The second-order valence-electron chi connectivity index (χ2n) is 6.76. The summed E-state index contributed by atoms with van der Waals surface area (Å²) in [4.78, 5) is 13.1. The maximum Gasteiger partial charge on any atom is 0.251 e. The van der Waals surface area contributed by atoms with Crippen molar-refractivity contribution in [2.45, 2.75) is 26.8 Å². The number of hydrogen-bond acceptors (Lipinski definition) is 2. The van der Waals surface area contributed by atoms with E-state index in [1.807, 2.05) is 87.5 Å². The lowest BCUT2D eigenvalue weighted by Crippen LogP contribution is -2.27. The molecule has 3 nitrogen and oxygen atoms in total. The Bertz CT molecular complexity index is 954. The predicted molar refractivity (Wildman–Crippen MR) is 114 cm³/mol. The van der Waals surface area contributed by atoms with E-state index in [2.05, 4.69) is 10.6 Å². The Morgan fingerprint density at radius 2 is 1.59 bits per heavy atom. The number of benzene rings is 3. The van der Waals surface area contributed by atoms with E-state index in [0.29, 0.717) is 5.02 Å². The zero-order valence-electron chi connectivity index (χ0n) is 15.7. The summed E-state index contributed by atoms with van der Waals surface area (Å²) in [6, 6.07) is 20.9. The Kier molecular flexibility index (Phi) is 5.82. The third-order valence-corrected chi connectivity index (χ3v) is 4.94. The van der Waals surface area contributed by atoms with Gasteiger partial charge in [0.2, 0.25) is 0 Å². The molecule has 0 aliphatic carbocycles. The topological polar surface area (TPSA) is 41.1 Å². The molecule has 0 fully saturated rings. The van der Waals surface area contributed by atoms with Gasteiger partial charge in [0.1, 0.15) is 6.04 Å². The van der Waals surface area contributed by atoms with Crippen LogP contribution < -0.4 is 10.6 Å². The normalized spacial score (nSPS) is 11.7. The number of rotatable bonds is 5. The third-order valence-electron chi connectivity index (χ3n) is 4.53. The van der Waals surface area contributed by atoms with Crippen LogP contribution in [0.15, 0.2) is 66.7 Å². The standard InChI is InChI=1S/C23H23ClN2O/c1-15-9-10-17(3)21(13-15)26-23(27)22(18-7-5-4-6-8-18)25-19-12-11-16(2)20(24)14-19/h4-14,22,25H,1-3H3,(H,26,27)/t22-/m0/s1. The minimum Gasteiger partial charge on any atom is -0.370 e. The Labute approximate surface area is 165 Å². The molecule has 3 rings (SSSR count). The van der Waals surface area contributed by atoms with Gasteiger partial charge >= 0.3 is 0 Å². The molecule has 0 heterocycles. The van der Waals surface area contributed by atoms with Crippen molar-refractivity contribution >= 4 is 28.9 Å². The lowest BCUT2D eigenvalue weighted by atomic mass is 10.0. The zero-order valence-corrected chi connectivity index (χ0v) is 16.5. The average Bonchev–Trinajstić information content (AvgIpc) is 2.66. The van der Waals surface area contributed by atoms with Gasteiger partial charge in [-0.2, -0.15) is 0 Å². The molecule has 0 saturated heterocycles. The van der Waals surface area contributed by atoms with E-state index >= 15 is 0 Å². The fourth-order valence-corrected chi connectivity index (χ4v) is 3.05. The summed E-state index contributed by atoms with van der Waals surface area (Å²) in [5.74, 6) is -0.119. The molecule has 2 N–H and O–H groups in total. The van der Waals surface area contributed by atoms with Crippen LogP contribution in [0.4, 0.5) is 11.4 Å². The molecule has 3 aromatic rings. The first kappa shape index (κ1) is 19.0. The quantitative estimate of drug-likeness (QED) is 0.566. The molecule has 1 atom stereocenters. The number of hydrogen-bond donors (Lipinski definition) is 2. The molecular weight excluding hydrogens is 356 g/mol. The maximum atomic E-state index is 13.1. The monoisotopic (exact) mass is 378 g/mol. The van der Waals surface area contributed by atoms with Crippen LogP contribution in [0.1, 0.15) is 28.3 Å².